The van der Waals surface area contributed by atoms with Gasteiger partial charge in [-0.1, -0.05) is 17.7 Å². The molecule has 1 aromatic heterocycles. The van der Waals surface area contributed by atoms with Gasteiger partial charge in [0.1, 0.15) is 0 Å². The van der Waals surface area contributed by atoms with Crippen LogP contribution >= 0.6 is 11.6 Å². The molecule has 1 heterocycles. The summed E-state index contributed by atoms with van der Waals surface area (Å²) in [5.74, 6) is 0. The van der Waals surface area contributed by atoms with Crippen molar-refractivity contribution in [1.82, 2.24) is 9.78 Å². The first kappa shape index (κ1) is 12.1. The first-order valence-electron chi connectivity index (χ1n) is 5.62. The van der Waals surface area contributed by atoms with E-state index in [2.05, 4.69) is 18.9 Å². The molecule has 2 rings (SSSR count). The van der Waals surface area contributed by atoms with E-state index < -0.39 is 0 Å². The molecular weight excluding hydrogens is 234 g/mol. The van der Waals surface area contributed by atoms with Crippen molar-refractivity contribution >= 4 is 11.6 Å². The molecule has 1 aromatic carbocycles. The Bertz CT molecular complexity index is 531. The fourth-order valence-corrected chi connectivity index (χ4v) is 2.21. The summed E-state index contributed by atoms with van der Waals surface area (Å²) in [6, 6.07) is 5.91. The largest absolute Gasteiger partial charge is 0.329 e. The molecule has 0 atom stereocenters. The number of halogens is 1. The summed E-state index contributed by atoms with van der Waals surface area (Å²) in [5, 5.41) is 5.11. The molecule has 0 spiro atoms. The van der Waals surface area contributed by atoms with E-state index >= 15 is 0 Å². The Balaban J connectivity index is 2.46. The number of nitrogens with zero attached hydrogens (tertiary/aromatic N) is 2. The second-order valence-electron chi connectivity index (χ2n) is 4.11. The number of rotatable bonds is 3. The molecule has 0 aliphatic heterocycles. The Morgan fingerprint density at radius 3 is 2.71 bits per heavy atom. The Morgan fingerprint density at radius 2 is 2.06 bits per heavy atom. The molecule has 0 fully saturated rings. The molecule has 0 bridgehead atoms. The van der Waals surface area contributed by atoms with Crippen LogP contribution in [0.25, 0.3) is 11.1 Å². The standard InChI is InChI=1S/C13H16ClN3/c1-9-7-11(14)3-4-12(9)13-8-16-17(6-5-15)10(13)2/h3-4,7-8H,5-6,15H2,1-2H3. The minimum Gasteiger partial charge on any atom is -0.329 e. The van der Waals surface area contributed by atoms with Crippen molar-refractivity contribution in [2.75, 3.05) is 6.54 Å². The number of aryl methyl sites for hydroxylation is 1. The smallest absolute Gasteiger partial charge is 0.0571 e. The quantitative estimate of drug-likeness (QED) is 0.909. The SMILES string of the molecule is Cc1cc(Cl)ccc1-c1cnn(CCN)c1C. The van der Waals surface area contributed by atoms with E-state index in [0.29, 0.717) is 6.54 Å². The van der Waals surface area contributed by atoms with Gasteiger partial charge in [-0.3, -0.25) is 4.68 Å². The number of hydrogen-bond donors (Lipinski definition) is 1. The maximum Gasteiger partial charge on any atom is 0.0571 e. The Labute approximate surface area is 106 Å². The average molecular weight is 250 g/mol. The molecule has 2 N–H and O–H groups in total. The molecule has 0 saturated heterocycles. The minimum atomic E-state index is 0.599. The summed E-state index contributed by atoms with van der Waals surface area (Å²) >= 11 is 5.96. The van der Waals surface area contributed by atoms with Crippen molar-refractivity contribution in [3.63, 3.8) is 0 Å². The van der Waals surface area contributed by atoms with Gasteiger partial charge >= 0.3 is 0 Å². The van der Waals surface area contributed by atoms with Crippen LogP contribution in [0.5, 0.6) is 0 Å². The van der Waals surface area contributed by atoms with Crippen LogP contribution in [0, 0.1) is 13.8 Å². The lowest BCUT2D eigenvalue weighted by Gasteiger charge is -2.07. The summed E-state index contributed by atoms with van der Waals surface area (Å²) in [6.07, 6.45) is 1.89. The lowest BCUT2D eigenvalue weighted by atomic mass is 10.0. The third-order valence-electron chi connectivity index (χ3n) is 2.92. The van der Waals surface area contributed by atoms with Gasteiger partial charge in [-0.25, -0.2) is 0 Å². The Morgan fingerprint density at radius 1 is 1.29 bits per heavy atom. The maximum absolute atomic E-state index is 5.96. The monoisotopic (exact) mass is 249 g/mol. The van der Waals surface area contributed by atoms with E-state index in [1.54, 1.807) is 0 Å². The zero-order chi connectivity index (χ0) is 12.4. The van der Waals surface area contributed by atoms with Gasteiger partial charge in [0, 0.05) is 22.8 Å². The molecule has 0 amide bonds. The molecule has 0 aliphatic carbocycles. The van der Waals surface area contributed by atoms with Gasteiger partial charge in [0.05, 0.1) is 12.7 Å². The third-order valence-corrected chi connectivity index (χ3v) is 3.16. The van der Waals surface area contributed by atoms with E-state index in [9.17, 15) is 0 Å². The molecule has 4 heteroatoms. The molecule has 0 saturated carbocycles. The lowest BCUT2D eigenvalue weighted by molar-refractivity contribution is 0.608. The molecule has 0 aliphatic rings. The second-order valence-corrected chi connectivity index (χ2v) is 4.55. The van der Waals surface area contributed by atoms with Gasteiger partial charge in [0.25, 0.3) is 0 Å². The maximum atomic E-state index is 5.96. The highest BCUT2D eigenvalue weighted by Gasteiger charge is 2.10. The van der Waals surface area contributed by atoms with Crippen LogP contribution < -0.4 is 5.73 Å². The average Bonchev–Trinajstić information content (AvgIpc) is 2.62. The highest BCUT2D eigenvalue weighted by molar-refractivity contribution is 6.30. The van der Waals surface area contributed by atoms with Crippen LogP contribution in [-0.2, 0) is 6.54 Å². The predicted molar refractivity (Wildman–Crippen MR) is 71.2 cm³/mol. The second kappa shape index (κ2) is 4.90. The van der Waals surface area contributed by atoms with Crippen LogP contribution in [0.15, 0.2) is 24.4 Å². The predicted octanol–water partition coefficient (Wildman–Crippen LogP) is 2.78. The van der Waals surface area contributed by atoms with Crippen molar-refractivity contribution in [3.8, 4) is 11.1 Å². The lowest BCUT2D eigenvalue weighted by Crippen LogP contribution is -2.12. The van der Waals surface area contributed by atoms with Gasteiger partial charge in [0.2, 0.25) is 0 Å². The van der Waals surface area contributed by atoms with Crippen LogP contribution in [0.2, 0.25) is 5.02 Å². The van der Waals surface area contributed by atoms with Crippen LogP contribution in [0.1, 0.15) is 11.3 Å². The molecule has 3 nitrogen and oxygen atoms in total. The van der Waals surface area contributed by atoms with Crippen molar-refractivity contribution in [2.24, 2.45) is 5.73 Å². The van der Waals surface area contributed by atoms with Crippen molar-refractivity contribution in [3.05, 3.63) is 40.7 Å². The van der Waals surface area contributed by atoms with Crippen LogP contribution in [0.3, 0.4) is 0 Å². The highest BCUT2D eigenvalue weighted by Crippen LogP contribution is 2.28. The number of nitrogens with two attached hydrogens (primary N) is 1. The van der Waals surface area contributed by atoms with Gasteiger partial charge < -0.3 is 5.73 Å². The molecule has 0 unspecified atom stereocenters. The highest BCUT2D eigenvalue weighted by atomic mass is 35.5. The zero-order valence-corrected chi connectivity index (χ0v) is 10.8. The zero-order valence-electron chi connectivity index (χ0n) is 10.1. The third kappa shape index (κ3) is 2.35. The summed E-state index contributed by atoms with van der Waals surface area (Å²) in [4.78, 5) is 0. The van der Waals surface area contributed by atoms with Crippen molar-refractivity contribution in [2.45, 2.75) is 20.4 Å². The fourth-order valence-electron chi connectivity index (χ4n) is 1.99. The van der Waals surface area contributed by atoms with Gasteiger partial charge in [0.15, 0.2) is 0 Å². The van der Waals surface area contributed by atoms with Crippen molar-refractivity contribution in [1.29, 1.82) is 0 Å². The van der Waals surface area contributed by atoms with E-state index in [-0.39, 0.29) is 0 Å². The van der Waals surface area contributed by atoms with Crippen LogP contribution in [0.4, 0.5) is 0 Å². The Kier molecular flexibility index (Phi) is 3.50. The topological polar surface area (TPSA) is 43.8 Å². The van der Waals surface area contributed by atoms with Gasteiger partial charge in [-0.05, 0) is 37.1 Å². The first-order chi connectivity index (χ1) is 8.13. The van der Waals surface area contributed by atoms with E-state index in [1.165, 1.54) is 5.56 Å². The summed E-state index contributed by atoms with van der Waals surface area (Å²) < 4.78 is 1.93. The fraction of sp³-hybridized carbons (Fsp3) is 0.308. The van der Waals surface area contributed by atoms with Gasteiger partial charge in [-0.2, -0.15) is 5.10 Å². The summed E-state index contributed by atoms with van der Waals surface area (Å²) in [7, 11) is 0. The van der Waals surface area contributed by atoms with E-state index in [4.69, 9.17) is 17.3 Å². The van der Waals surface area contributed by atoms with Gasteiger partial charge in [-0.15, -0.1) is 0 Å². The number of aromatic nitrogens is 2. The Hall–Kier alpha value is -1.32. The number of benzene rings is 1. The van der Waals surface area contributed by atoms with Crippen LogP contribution in [-0.4, -0.2) is 16.3 Å². The van der Waals surface area contributed by atoms with E-state index in [1.807, 2.05) is 29.1 Å². The first-order valence-corrected chi connectivity index (χ1v) is 6.00. The van der Waals surface area contributed by atoms with Crippen molar-refractivity contribution < 1.29 is 0 Å². The molecular formula is C13H16ClN3. The summed E-state index contributed by atoms with van der Waals surface area (Å²) in [6.45, 7) is 5.47. The summed E-state index contributed by atoms with van der Waals surface area (Å²) in [5.41, 5.74) is 10.2. The molecule has 0 radical (unpaired) electrons. The molecule has 2 aromatic rings. The number of hydrogen-bond acceptors (Lipinski definition) is 2. The molecule has 17 heavy (non-hydrogen) atoms. The molecule has 90 valence electrons. The normalized spacial score (nSPS) is 10.8. The van der Waals surface area contributed by atoms with E-state index in [0.717, 1.165) is 28.4 Å². The minimum absolute atomic E-state index is 0.599.